The molecule has 2 aliphatic rings. The molecule has 0 amide bonds. The highest BCUT2D eigenvalue weighted by molar-refractivity contribution is 5.74. The van der Waals surface area contributed by atoms with Gasteiger partial charge >= 0.3 is 5.97 Å². The third kappa shape index (κ3) is 1.99. The van der Waals surface area contributed by atoms with Crippen molar-refractivity contribution < 1.29 is 9.53 Å². The average Bonchev–Trinajstić information content (AvgIpc) is 2.68. The normalized spacial score (nSPS) is 36.1. The molecule has 0 radical (unpaired) electrons. The summed E-state index contributed by atoms with van der Waals surface area (Å²) in [5.41, 5.74) is 0.365. The van der Waals surface area contributed by atoms with Crippen molar-refractivity contribution in [2.24, 2.45) is 16.7 Å². The van der Waals surface area contributed by atoms with Crippen molar-refractivity contribution in [1.29, 1.82) is 0 Å². The van der Waals surface area contributed by atoms with Crippen molar-refractivity contribution in [3.63, 3.8) is 0 Å². The van der Waals surface area contributed by atoms with Crippen molar-refractivity contribution in [2.75, 3.05) is 19.7 Å². The van der Waals surface area contributed by atoms with Crippen LogP contribution in [-0.2, 0) is 9.53 Å². The number of carbonyl (C=O) groups is 1. The first kappa shape index (κ1) is 12.9. The van der Waals surface area contributed by atoms with Gasteiger partial charge in [0, 0.05) is 18.5 Å². The minimum Gasteiger partial charge on any atom is -0.466 e. The molecule has 1 aliphatic carbocycles. The Morgan fingerprint density at radius 2 is 2.06 bits per heavy atom. The molecule has 2 rings (SSSR count). The van der Waals surface area contributed by atoms with Crippen LogP contribution < -0.4 is 5.32 Å². The Kier molecular flexibility index (Phi) is 3.48. The SMILES string of the molecule is CCOC(=O)C1CNCC12CCCCC2(C)C. The molecular formula is C14H25NO2. The van der Waals surface area contributed by atoms with Crippen LogP contribution in [0.5, 0.6) is 0 Å². The lowest BCUT2D eigenvalue weighted by Gasteiger charge is -2.50. The Bertz CT molecular complexity index is 301. The van der Waals surface area contributed by atoms with E-state index in [9.17, 15) is 4.79 Å². The van der Waals surface area contributed by atoms with Gasteiger partial charge in [-0.05, 0) is 25.2 Å². The molecule has 1 saturated carbocycles. The topological polar surface area (TPSA) is 38.3 Å². The maximum Gasteiger partial charge on any atom is 0.310 e. The maximum atomic E-state index is 12.1. The summed E-state index contributed by atoms with van der Waals surface area (Å²) in [4.78, 5) is 12.1. The minimum absolute atomic E-state index is 0.00692. The van der Waals surface area contributed by atoms with Crippen molar-refractivity contribution >= 4 is 5.97 Å². The molecule has 0 bridgehead atoms. The molecule has 1 N–H and O–H groups in total. The lowest BCUT2D eigenvalue weighted by molar-refractivity contribution is -0.156. The van der Waals surface area contributed by atoms with Crippen molar-refractivity contribution in [2.45, 2.75) is 46.5 Å². The van der Waals surface area contributed by atoms with E-state index in [-0.39, 0.29) is 22.7 Å². The first-order chi connectivity index (χ1) is 8.03. The molecule has 0 aromatic heterocycles. The van der Waals surface area contributed by atoms with E-state index in [4.69, 9.17) is 4.74 Å². The van der Waals surface area contributed by atoms with E-state index >= 15 is 0 Å². The van der Waals surface area contributed by atoms with E-state index in [1.807, 2.05) is 6.92 Å². The van der Waals surface area contributed by atoms with Crippen LogP contribution in [0.1, 0.15) is 46.5 Å². The summed E-state index contributed by atoms with van der Waals surface area (Å²) < 4.78 is 5.27. The van der Waals surface area contributed by atoms with Crippen LogP contribution in [0.4, 0.5) is 0 Å². The summed E-state index contributed by atoms with van der Waals surface area (Å²) in [6.45, 7) is 8.80. The molecule has 17 heavy (non-hydrogen) atoms. The standard InChI is InChI=1S/C14H25NO2/c1-4-17-12(16)11-9-15-10-14(11)8-6-5-7-13(14,2)3/h11,15H,4-10H2,1-3H3. The highest BCUT2D eigenvalue weighted by atomic mass is 16.5. The van der Waals surface area contributed by atoms with Gasteiger partial charge in [-0.1, -0.05) is 26.7 Å². The molecule has 3 heteroatoms. The largest absolute Gasteiger partial charge is 0.466 e. The Hall–Kier alpha value is -0.570. The fourth-order valence-corrected chi connectivity index (χ4v) is 3.88. The summed E-state index contributed by atoms with van der Waals surface area (Å²) in [5.74, 6) is 0.0604. The number of hydrogen-bond donors (Lipinski definition) is 1. The molecule has 2 atom stereocenters. The Balaban J connectivity index is 2.24. The Morgan fingerprint density at radius 3 is 2.71 bits per heavy atom. The molecule has 0 aromatic rings. The van der Waals surface area contributed by atoms with Crippen LogP contribution in [0, 0.1) is 16.7 Å². The number of ether oxygens (including phenoxy) is 1. The van der Waals surface area contributed by atoms with Gasteiger partial charge in [0.2, 0.25) is 0 Å². The van der Waals surface area contributed by atoms with Crippen LogP contribution in [0.25, 0.3) is 0 Å². The summed E-state index contributed by atoms with van der Waals surface area (Å²) in [6.07, 6.45) is 4.94. The van der Waals surface area contributed by atoms with E-state index in [2.05, 4.69) is 19.2 Å². The first-order valence-corrected chi connectivity index (χ1v) is 6.91. The molecule has 2 fully saturated rings. The fourth-order valence-electron chi connectivity index (χ4n) is 3.88. The Labute approximate surface area is 104 Å². The highest BCUT2D eigenvalue weighted by Crippen LogP contribution is 2.56. The van der Waals surface area contributed by atoms with Gasteiger partial charge in [0.15, 0.2) is 0 Å². The number of nitrogens with one attached hydrogen (secondary N) is 1. The zero-order chi connectivity index (χ0) is 12.5. The lowest BCUT2D eigenvalue weighted by atomic mass is 9.54. The van der Waals surface area contributed by atoms with Gasteiger partial charge in [-0.2, -0.15) is 0 Å². The van der Waals surface area contributed by atoms with Crippen LogP contribution in [0.15, 0.2) is 0 Å². The van der Waals surface area contributed by atoms with Gasteiger partial charge < -0.3 is 10.1 Å². The number of rotatable bonds is 2. The summed E-state index contributed by atoms with van der Waals surface area (Å²) in [5, 5.41) is 3.43. The van der Waals surface area contributed by atoms with Gasteiger partial charge in [0.05, 0.1) is 12.5 Å². The second kappa shape index (κ2) is 4.60. The van der Waals surface area contributed by atoms with E-state index in [0.717, 1.165) is 19.5 Å². The second-order valence-corrected chi connectivity index (χ2v) is 6.18. The minimum atomic E-state index is 0.00692. The zero-order valence-electron chi connectivity index (χ0n) is 11.3. The van der Waals surface area contributed by atoms with Crippen LogP contribution in [0.2, 0.25) is 0 Å². The van der Waals surface area contributed by atoms with E-state index in [1.165, 1.54) is 19.3 Å². The van der Waals surface area contributed by atoms with Crippen LogP contribution in [-0.4, -0.2) is 25.7 Å². The van der Waals surface area contributed by atoms with Gasteiger partial charge in [0.1, 0.15) is 0 Å². The molecule has 1 spiro atoms. The van der Waals surface area contributed by atoms with Gasteiger partial charge in [-0.3, -0.25) is 4.79 Å². The summed E-state index contributed by atoms with van der Waals surface area (Å²) in [6, 6.07) is 0. The molecule has 98 valence electrons. The molecule has 0 aromatic carbocycles. The molecule has 1 heterocycles. The Morgan fingerprint density at radius 1 is 1.35 bits per heavy atom. The summed E-state index contributed by atoms with van der Waals surface area (Å²) in [7, 11) is 0. The highest BCUT2D eigenvalue weighted by Gasteiger charge is 2.56. The number of carbonyl (C=O) groups excluding carboxylic acids is 1. The number of esters is 1. The number of hydrogen-bond acceptors (Lipinski definition) is 3. The van der Waals surface area contributed by atoms with E-state index in [1.54, 1.807) is 0 Å². The maximum absolute atomic E-state index is 12.1. The quantitative estimate of drug-likeness (QED) is 0.752. The monoisotopic (exact) mass is 239 g/mol. The van der Waals surface area contributed by atoms with Crippen molar-refractivity contribution in [1.82, 2.24) is 5.32 Å². The van der Waals surface area contributed by atoms with Crippen molar-refractivity contribution in [3.05, 3.63) is 0 Å². The van der Waals surface area contributed by atoms with Crippen molar-refractivity contribution in [3.8, 4) is 0 Å². The molecule has 2 unspecified atom stereocenters. The molecule has 3 nitrogen and oxygen atoms in total. The first-order valence-electron chi connectivity index (χ1n) is 6.91. The fraction of sp³-hybridized carbons (Fsp3) is 0.929. The molecule has 1 aliphatic heterocycles. The van der Waals surface area contributed by atoms with E-state index < -0.39 is 0 Å². The van der Waals surface area contributed by atoms with Gasteiger partial charge in [0.25, 0.3) is 0 Å². The average molecular weight is 239 g/mol. The molecular weight excluding hydrogens is 214 g/mol. The summed E-state index contributed by atoms with van der Waals surface area (Å²) >= 11 is 0. The predicted octanol–water partition coefficient (Wildman–Crippen LogP) is 2.36. The lowest BCUT2D eigenvalue weighted by Crippen LogP contribution is -2.49. The van der Waals surface area contributed by atoms with E-state index in [0.29, 0.717) is 6.61 Å². The molecule has 1 saturated heterocycles. The van der Waals surface area contributed by atoms with Gasteiger partial charge in [-0.15, -0.1) is 0 Å². The smallest absolute Gasteiger partial charge is 0.310 e. The third-order valence-electron chi connectivity index (χ3n) is 5.05. The predicted molar refractivity (Wildman–Crippen MR) is 67.7 cm³/mol. The van der Waals surface area contributed by atoms with Crippen LogP contribution >= 0.6 is 0 Å². The second-order valence-electron chi connectivity index (χ2n) is 6.18. The third-order valence-corrected chi connectivity index (χ3v) is 5.05. The van der Waals surface area contributed by atoms with Crippen LogP contribution in [0.3, 0.4) is 0 Å². The zero-order valence-corrected chi connectivity index (χ0v) is 11.3. The van der Waals surface area contributed by atoms with Gasteiger partial charge in [-0.25, -0.2) is 0 Å².